The molecule has 0 aliphatic rings. The van der Waals surface area contributed by atoms with Gasteiger partial charge < -0.3 is 25.0 Å². The minimum atomic E-state index is -0.948. The fraction of sp³-hybridized carbons (Fsp3) is 0.615. The molecule has 0 aliphatic heterocycles. The van der Waals surface area contributed by atoms with Crippen molar-refractivity contribution in [2.45, 2.75) is 25.4 Å². The van der Waals surface area contributed by atoms with Crippen molar-refractivity contribution < 1.29 is 20.1 Å². The van der Waals surface area contributed by atoms with Gasteiger partial charge in [-0.15, -0.1) is 0 Å². The third-order valence-corrected chi connectivity index (χ3v) is 3.36. The van der Waals surface area contributed by atoms with Gasteiger partial charge in [0.15, 0.2) is 17.4 Å². The summed E-state index contributed by atoms with van der Waals surface area (Å²) in [5, 5.41) is 28.4. The number of rotatable bonds is 7. The van der Waals surface area contributed by atoms with Gasteiger partial charge in [-0.1, -0.05) is 0 Å². The second kappa shape index (κ2) is 7.04. The van der Waals surface area contributed by atoms with Crippen molar-refractivity contribution in [3.63, 3.8) is 0 Å². The lowest BCUT2D eigenvalue weighted by atomic mass is 10.2. The van der Waals surface area contributed by atoms with E-state index in [-0.39, 0.29) is 11.2 Å². The molecule has 0 saturated carbocycles. The van der Waals surface area contributed by atoms with Crippen LogP contribution in [0.5, 0.6) is 0 Å². The van der Waals surface area contributed by atoms with E-state index in [1.165, 1.54) is 17.8 Å². The number of hydrogen-bond donors (Lipinski definition) is 4. The minimum Gasteiger partial charge on any atom is -0.394 e. The van der Waals surface area contributed by atoms with Gasteiger partial charge in [0, 0.05) is 14.1 Å². The van der Waals surface area contributed by atoms with E-state index in [9.17, 15) is 20.1 Å². The minimum absolute atomic E-state index is 0.107. The van der Waals surface area contributed by atoms with Gasteiger partial charge in [0.2, 0.25) is 5.95 Å². The van der Waals surface area contributed by atoms with Gasteiger partial charge in [-0.25, -0.2) is 4.98 Å². The van der Waals surface area contributed by atoms with Crippen molar-refractivity contribution in [3.05, 3.63) is 16.7 Å². The Morgan fingerprint density at radius 2 is 2.09 bits per heavy atom. The predicted octanol–water partition coefficient (Wildman–Crippen LogP) is -1.57. The van der Waals surface area contributed by atoms with E-state index in [0.29, 0.717) is 5.95 Å². The van der Waals surface area contributed by atoms with E-state index in [1.807, 2.05) is 0 Å². The number of aliphatic hydroxyl groups is 3. The SMILES string of the molecule is C[C@@H](O)[C@@H](CO)O[C@H](CO)n1cnc2c(=O)[nH]c(N(C)C)nc21. The molecule has 0 spiro atoms. The van der Waals surface area contributed by atoms with Crippen LogP contribution in [0.2, 0.25) is 0 Å². The molecule has 128 valence electrons. The van der Waals surface area contributed by atoms with Crippen molar-refractivity contribution in [2.24, 2.45) is 0 Å². The fourth-order valence-electron chi connectivity index (χ4n) is 2.04. The summed E-state index contributed by atoms with van der Waals surface area (Å²) >= 11 is 0. The average molecular weight is 327 g/mol. The molecular weight excluding hydrogens is 306 g/mol. The number of nitrogens with zero attached hydrogens (tertiary/aromatic N) is 4. The van der Waals surface area contributed by atoms with Crippen LogP contribution in [0.25, 0.3) is 11.2 Å². The molecule has 3 atom stereocenters. The summed E-state index contributed by atoms with van der Waals surface area (Å²) in [6, 6.07) is 0. The van der Waals surface area contributed by atoms with Gasteiger partial charge in [0.1, 0.15) is 6.10 Å². The van der Waals surface area contributed by atoms with Crippen LogP contribution in [-0.4, -0.2) is 74.4 Å². The van der Waals surface area contributed by atoms with E-state index in [0.717, 1.165) is 0 Å². The first-order chi connectivity index (χ1) is 10.9. The van der Waals surface area contributed by atoms with Crippen LogP contribution in [0.4, 0.5) is 5.95 Å². The normalized spacial score (nSPS) is 15.6. The van der Waals surface area contributed by atoms with E-state index >= 15 is 0 Å². The van der Waals surface area contributed by atoms with E-state index < -0.39 is 37.2 Å². The molecule has 10 heteroatoms. The number of nitrogens with one attached hydrogen (secondary N) is 1. The van der Waals surface area contributed by atoms with Crippen LogP contribution in [0.15, 0.2) is 11.1 Å². The van der Waals surface area contributed by atoms with Crippen LogP contribution >= 0.6 is 0 Å². The molecule has 10 nitrogen and oxygen atoms in total. The van der Waals surface area contributed by atoms with Crippen molar-refractivity contribution >= 4 is 17.1 Å². The Morgan fingerprint density at radius 1 is 1.39 bits per heavy atom. The van der Waals surface area contributed by atoms with Crippen LogP contribution in [0.1, 0.15) is 13.2 Å². The average Bonchev–Trinajstić information content (AvgIpc) is 2.92. The molecule has 2 aromatic rings. The van der Waals surface area contributed by atoms with Crippen LogP contribution in [0, 0.1) is 0 Å². The molecule has 2 heterocycles. The molecule has 0 aliphatic carbocycles. The first-order valence-electron chi connectivity index (χ1n) is 7.08. The molecule has 0 aromatic carbocycles. The summed E-state index contributed by atoms with van der Waals surface area (Å²) in [7, 11) is 3.44. The van der Waals surface area contributed by atoms with Crippen LogP contribution in [-0.2, 0) is 4.74 Å². The largest absolute Gasteiger partial charge is 0.394 e. The molecule has 0 radical (unpaired) electrons. The second-order valence-corrected chi connectivity index (χ2v) is 5.34. The standard InChI is InChI=1S/C13H21N5O5/c1-7(21)8(4-19)23-9(5-20)18-6-14-10-11(18)15-13(17(2)3)16-12(10)22/h6-9,19-21H,4-5H2,1-3H3,(H,15,16,22)/t7-,8-,9-/m1/s1. The topological polar surface area (TPSA) is 137 Å². The highest BCUT2D eigenvalue weighted by atomic mass is 16.5. The molecule has 2 aromatic heterocycles. The monoisotopic (exact) mass is 327 g/mol. The summed E-state index contributed by atoms with van der Waals surface area (Å²) in [4.78, 5) is 24.5. The molecule has 0 bridgehead atoms. The van der Waals surface area contributed by atoms with Gasteiger partial charge in [-0.05, 0) is 6.92 Å². The Balaban J connectivity index is 2.46. The van der Waals surface area contributed by atoms with Crippen molar-refractivity contribution in [2.75, 3.05) is 32.2 Å². The number of anilines is 1. The lowest BCUT2D eigenvalue weighted by Gasteiger charge is -2.25. The lowest BCUT2D eigenvalue weighted by molar-refractivity contribution is -0.131. The third-order valence-electron chi connectivity index (χ3n) is 3.36. The number of fused-ring (bicyclic) bond motifs is 1. The number of hydrogen-bond acceptors (Lipinski definition) is 8. The van der Waals surface area contributed by atoms with Crippen molar-refractivity contribution in [1.82, 2.24) is 19.5 Å². The summed E-state index contributed by atoms with van der Waals surface area (Å²) in [5.41, 5.74) is -0.0718. The van der Waals surface area contributed by atoms with Crippen LogP contribution in [0.3, 0.4) is 0 Å². The lowest BCUT2D eigenvalue weighted by Crippen LogP contribution is -2.34. The molecule has 0 amide bonds. The van der Waals surface area contributed by atoms with E-state index in [2.05, 4.69) is 15.0 Å². The Bertz CT molecular complexity index is 710. The third kappa shape index (κ3) is 3.50. The van der Waals surface area contributed by atoms with Crippen molar-refractivity contribution in [3.8, 4) is 0 Å². The zero-order valence-corrected chi connectivity index (χ0v) is 13.2. The predicted molar refractivity (Wildman–Crippen MR) is 82.2 cm³/mol. The quantitative estimate of drug-likeness (QED) is 0.479. The fourth-order valence-corrected chi connectivity index (χ4v) is 2.04. The number of aliphatic hydroxyl groups excluding tert-OH is 3. The van der Waals surface area contributed by atoms with Crippen LogP contribution < -0.4 is 10.5 Å². The highest BCUT2D eigenvalue weighted by molar-refractivity contribution is 5.71. The van der Waals surface area contributed by atoms with E-state index in [4.69, 9.17) is 4.74 Å². The van der Waals surface area contributed by atoms with Gasteiger partial charge in [-0.2, -0.15) is 4.98 Å². The van der Waals surface area contributed by atoms with Gasteiger partial charge in [0.25, 0.3) is 5.56 Å². The zero-order chi connectivity index (χ0) is 17.1. The number of aromatic nitrogens is 4. The summed E-state index contributed by atoms with van der Waals surface area (Å²) in [5.74, 6) is 0.329. The van der Waals surface area contributed by atoms with Crippen molar-refractivity contribution in [1.29, 1.82) is 0 Å². The molecule has 2 rings (SSSR count). The second-order valence-electron chi connectivity index (χ2n) is 5.34. The summed E-state index contributed by atoms with van der Waals surface area (Å²) < 4.78 is 6.90. The molecule has 0 saturated heterocycles. The molecular formula is C13H21N5O5. The maximum Gasteiger partial charge on any atom is 0.280 e. The number of imidazole rings is 1. The van der Waals surface area contributed by atoms with Gasteiger partial charge in [-0.3, -0.25) is 14.3 Å². The maximum atomic E-state index is 12.0. The zero-order valence-electron chi connectivity index (χ0n) is 13.2. The maximum absolute atomic E-state index is 12.0. The molecule has 4 N–H and O–H groups in total. The summed E-state index contributed by atoms with van der Waals surface area (Å²) in [6.45, 7) is 0.604. The number of ether oxygens (including phenoxy) is 1. The first kappa shape index (κ1) is 17.3. The van der Waals surface area contributed by atoms with E-state index in [1.54, 1.807) is 19.0 Å². The van der Waals surface area contributed by atoms with Gasteiger partial charge in [0.05, 0.1) is 25.6 Å². The Kier molecular flexibility index (Phi) is 5.31. The Hall–Kier alpha value is -2.01. The summed E-state index contributed by atoms with van der Waals surface area (Å²) in [6.07, 6.45) is -1.45. The first-order valence-corrected chi connectivity index (χ1v) is 7.08. The molecule has 0 unspecified atom stereocenters. The number of aromatic amines is 1. The number of H-pyrrole nitrogens is 1. The molecule has 23 heavy (non-hydrogen) atoms. The Labute approximate surface area is 132 Å². The highest BCUT2D eigenvalue weighted by Crippen LogP contribution is 2.18. The van der Waals surface area contributed by atoms with Gasteiger partial charge >= 0.3 is 0 Å². The smallest absolute Gasteiger partial charge is 0.280 e. The highest BCUT2D eigenvalue weighted by Gasteiger charge is 2.23. The molecule has 0 fully saturated rings. The Morgan fingerprint density at radius 3 is 2.61 bits per heavy atom.